The van der Waals surface area contributed by atoms with Crippen molar-refractivity contribution in [3.63, 3.8) is 0 Å². The third kappa shape index (κ3) is 5.65. The molecule has 0 bridgehead atoms. The molecule has 0 radical (unpaired) electrons. The van der Waals surface area contributed by atoms with Crippen molar-refractivity contribution in [2.24, 2.45) is 0 Å². The van der Waals surface area contributed by atoms with Crippen LogP contribution in [0.5, 0.6) is 5.75 Å². The number of piperidine rings is 1. The van der Waals surface area contributed by atoms with Crippen LogP contribution in [0.1, 0.15) is 52.6 Å². The molecule has 1 aliphatic heterocycles. The fourth-order valence-electron chi connectivity index (χ4n) is 5.12. The van der Waals surface area contributed by atoms with Crippen LogP contribution >= 0.6 is 0 Å². The van der Waals surface area contributed by atoms with Gasteiger partial charge in [0.2, 0.25) is 5.95 Å². The SMILES string of the molecule is CCOC(=O)c1cc(C)c2nc(NC3CCN(Cc4ccccc4)CC3)n(Cc3nc(C)ccc3O)c2c1. The Morgan fingerprint density at radius 3 is 2.55 bits per heavy atom. The molecule has 5 rings (SSSR count). The summed E-state index contributed by atoms with van der Waals surface area (Å²) in [5, 5.41) is 14.2. The molecular formula is C30H35N5O3. The van der Waals surface area contributed by atoms with Gasteiger partial charge in [-0.1, -0.05) is 30.3 Å². The number of carbonyl (C=O) groups is 1. The molecule has 198 valence electrons. The summed E-state index contributed by atoms with van der Waals surface area (Å²) in [5.74, 6) is 0.492. The fraction of sp³-hybridized carbons (Fsp3) is 0.367. The number of hydrogen-bond donors (Lipinski definition) is 2. The number of pyridine rings is 1. The van der Waals surface area contributed by atoms with Crippen molar-refractivity contribution >= 4 is 23.0 Å². The zero-order chi connectivity index (χ0) is 26.6. The fourth-order valence-corrected chi connectivity index (χ4v) is 5.12. The molecule has 1 saturated heterocycles. The van der Waals surface area contributed by atoms with Crippen molar-refractivity contribution in [2.45, 2.75) is 52.7 Å². The van der Waals surface area contributed by atoms with Gasteiger partial charge in [-0.25, -0.2) is 9.78 Å². The number of carbonyl (C=O) groups excluding carboxylic acids is 1. The zero-order valence-electron chi connectivity index (χ0n) is 22.3. The number of likely N-dealkylation sites (tertiary alicyclic amines) is 1. The molecule has 1 fully saturated rings. The van der Waals surface area contributed by atoms with E-state index < -0.39 is 0 Å². The molecule has 2 aromatic heterocycles. The molecular weight excluding hydrogens is 478 g/mol. The molecule has 0 aliphatic carbocycles. The minimum absolute atomic E-state index is 0.135. The lowest BCUT2D eigenvalue weighted by Crippen LogP contribution is -2.39. The second-order valence-electron chi connectivity index (χ2n) is 10.0. The molecule has 0 spiro atoms. The van der Waals surface area contributed by atoms with Crippen LogP contribution in [0.25, 0.3) is 11.0 Å². The number of rotatable bonds is 8. The molecule has 3 heterocycles. The number of aryl methyl sites for hydroxylation is 2. The van der Waals surface area contributed by atoms with Crippen LogP contribution in [0, 0.1) is 13.8 Å². The highest BCUT2D eigenvalue weighted by Crippen LogP contribution is 2.29. The van der Waals surface area contributed by atoms with Gasteiger partial charge in [-0.2, -0.15) is 0 Å². The summed E-state index contributed by atoms with van der Waals surface area (Å²) in [6, 6.07) is 17.9. The van der Waals surface area contributed by atoms with Crippen LogP contribution < -0.4 is 5.32 Å². The number of anilines is 1. The molecule has 8 nitrogen and oxygen atoms in total. The maximum absolute atomic E-state index is 12.6. The summed E-state index contributed by atoms with van der Waals surface area (Å²) in [6.07, 6.45) is 1.99. The largest absolute Gasteiger partial charge is 0.506 e. The summed E-state index contributed by atoms with van der Waals surface area (Å²) in [6.45, 7) is 9.25. The molecule has 4 aromatic rings. The van der Waals surface area contributed by atoms with Crippen LogP contribution in [-0.2, 0) is 17.8 Å². The maximum Gasteiger partial charge on any atom is 0.338 e. The van der Waals surface area contributed by atoms with Gasteiger partial charge in [-0.05, 0) is 69.0 Å². The standard InChI is InChI=1S/C30H35N5O3/c1-4-38-29(37)23-16-20(2)28-26(17-23)35(19-25-27(36)11-10-21(3)31-25)30(33-28)32-24-12-14-34(15-13-24)18-22-8-6-5-7-9-22/h5-11,16-17,24,36H,4,12-15,18-19H2,1-3H3,(H,32,33). The second-order valence-corrected chi connectivity index (χ2v) is 10.0. The molecule has 1 aliphatic rings. The summed E-state index contributed by atoms with van der Waals surface area (Å²) in [4.78, 5) is 24.6. The maximum atomic E-state index is 12.6. The Morgan fingerprint density at radius 2 is 1.82 bits per heavy atom. The van der Waals surface area contributed by atoms with E-state index in [1.54, 1.807) is 19.1 Å². The number of imidazole rings is 1. The molecule has 2 N–H and O–H groups in total. The molecule has 0 atom stereocenters. The first-order valence-corrected chi connectivity index (χ1v) is 13.3. The van der Waals surface area contributed by atoms with Crippen molar-refractivity contribution in [1.29, 1.82) is 0 Å². The van der Waals surface area contributed by atoms with Crippen molar-refractivity contribution in [1.82, 2.24) is 19.4 Å². The van der Waals surface area contributed by atoms with Crippen LogP contribution in [0.3, 0.4) is 0 Å². The third-order valence-electron chi connectivity index (χ3n) is 7.12. The lowest BCUT2D eigenvalue weighted by Gasteiger charge is -2.32. The van der Waals surface area contributed by atoms with E-state index in [-0.39, 0.29) is 17.8 Å². The number of nitrogens with zero attached hydrogens (tertiary/aromatic N) is 4. The van der Waals surface area contributed by atoms with E-state index >= 15 is 0 Å². The lowest BCUT2D eigenvalue weighted by atomic mass is 10.0. The first-order valence-electron chi connectivity index (χ1n) is 13.3. The highest BCUT2D eigenvalue weighted by Gasteiger charge is 2.23. The van der Waals surface area contributed by atoms with Gasteiger partial charge in [0.05, 0.1) is 29.7 Å². The predicted molar refractivity (Wildman–Crippen MR) is 149 cm³/mol. The van der Waals surface area contributed by atoms with E-state index in [0.29, 0.717) is 30.4 Å². The van der Waals surface area contributed by atoms with E-state index in [1.165, 1.54) is 5.56 Å². The topological polar surface area (TPSA) is 92.5 Å². The average Bonchev–Trinajstić information content (AvgIpc) is 3.25. The van der Waals surface area contributed by atoms with Crippen molar-refractivity contribution in [3.05, 3.63) is 82.7 Å². The quantitative estimate of drug-likeness (QED) is 0.318. The van der Waals surface area contributed by atoms with Crippen LogP contribution in [0.15, 0.2) is 54.6 Å². The normalized spacial score (nSPS) is 14.6. The number of ether oxygens (including phenoxy) is 1. The summed E-state index contributed by atoms with van der Waals surface area (Å²) < 4.78 is 7.28. The Hall–Kier alpha value is -3.91. The highest BCUT2D eigenvalue weighted by molar-refractivity contribution is 5.95. The number of esters is 1. The average molecular weight is 514 g/mol. The Kier molecular flexibility index (Phi) is 7.60. The molecule has 2 aromatic carbocycles. The first-order chi connectivity index (χ1) is 18.4. The Morgan fingerprint density at radius 1 is 1.05 bits per heavy atom. The second kappa shape index (κ2) is 11.2. The number of aromatic hydroxyl groups is 1. The van der Waals surface area contributed by atoms with Crippen molar-refractivity contribution in [3.8, 4) is 5.75 Å². The summed E-state index contributed by atoms with van der Waals surface area (Å²) >= 11 is 0. The van der Waals surface area contributed by atoms with E-state index in [4.69, 9.17) is 9.72 Å². The third-order valence-corrected chi connectivity index (χ3v) is 7.12. The van der Waals surface area contributed by atoms with E-state index in [1.807, 2.05) is 30.5 Å². The number of benzene rings is 2. The number of fused-ring (bicyclic) bond motifs is 1. The minimum Gasteiger partial charge on any atom is -0.506 e. The van der Waals surface area contributed by atoms with Crippen LogP contribution in [-0.4, -0.2) is 56.2 Å². The molecule has 38 heavy (non-hydrogen) atoms. The van der Waals surface area contributed by atoms with E-state index in [0.717, 1.165) is 54.8 Å². The molecule has 0 saturated carbocycles. The highest BCUT2D eigenvalue weighted by atomic mass is 16.5. The van der Waals surface area contributed by atoms with Gasteiger partial charge in [-0.15, -0.1) is 0 Å². The van der Waals surface area contributed by atoms with Gasteiger partial charge >= 0.3 is 5.97 Å². The van der Waals surface area contributed by atoms with Crippen LogP contribution in [0.2, 0.25) is 0 Å². The monoisotopic (exact) mass is 513 g/mol. The Labute approximate surface area is 223 Å². The van der Waals surface area contributed by atoms with E-state index in [2.05, 4.69) is 45.5 Å². The zero-order valence-corrected chi connectivity index (χ0v) is 22.3. The smallest absolute Gasteiger partial charge is 0.338 e. The molecule has 0 unspecified atom stereocenters. The van der Waals surface area contributed by atoms with Crippen molar-refractivity contribution < 1.29 is 14.6 Å². The van der Waals surface area contributed by atoms with Gasteiger partial charge < -0.3 is 19.7 Å². The number of nitrogens with one attached hydrogen (secondary N) is 1. The summed E-state index contributed by atoms with van der Waals surface area (Å²) in [7, 11) is 0. The number of hydrogen-bond acceptors (Lipinski definition) is 7. The van der Waals surface area contributed by atoms with Crippen molar-refractivity contribution in [2.75, 3.05) is 25.0 Å². The van der Waals surface area contributed by atoms with Gasteiger partial charge in [0, 0.05) is 31.4 Å². The molecule has 0 amide bonds. The van der Waals surface area contributed by atoms with E-state index in [9.17, 15) is 9.90 Å². The van der Waals surface area contributed by atoms with Crippen LogP contribution in [0.4, 0.5) is 5.95 Å². The van der Waals surface area contributed by atoms with Gasteiger partial charge in [-0.3, -0.25) is 9.88 Å². The minimum atomic E-state index is -0.359. The number of aromatic nitrogens is 3. The van der Waals surface area contributed by atoms with Gasteiger partial charge in [0.1, 0.15) is 11.4 Å². The predicted octanol–water partition coefficient (Wildman–Crippen LogP) is 5.06. The first kappa shape index (κ1) is 25.7. The van der Waals surface area contributed by atoms with Gasteiger partial charge in [0.25, 0.3) is 0 Å². The molecule has 8 heteroatoms. The Bertz CT molecular complexity index is 1430. The Balaban J connectivity index is 1.43. The summed E-state index contributed by atoms with van der Waals surface area (Å²) in [5.41, 5.74) is 5.72. The van der Waals surface area contributed by atoms with Gasteiger partial charge in [0.15, 0.2) is 0 Å². The lowest BCUT2D eigenvalue weighted by molar-refractivity contribution is 0.0526.